The number of hydrogen-bond acceptors (Lipinski definition) is 4. The Labute approximate surface area is 148 Å². The van der Waals surface area contributed by atoms with Crippen LogP contribution in [-0.2, 0) is 9.53 Å². The Morgan fingerprint density at radius 1 is 1.12 bits per heavy atom. The number of aryl methyl sites for hydroxylation is 2. The first-order valence-electron chi connectivity index (χ1n) is 7.44. The molecule has 7 heteroatoms. The lowest BCUT2D eigenvalue weighted by atomic mass is 10.1. The van der Waals surface area contributed by atoms with Crippen LogP contribution in [0.25, 0.3) is 0 Å². The largest absolute Gasteiger partial charge is 0.452 e. The summed E-state index contributed by atoms with van der Waals surface area (Å²) in [5.74, 6) is -3.97. The number of hydrogen-bond donors (Lipinski definition) is 1. The van der Waals surface area contributed by atoms with Crippen LogP contribution in [0.3, 0.4) is 0 Å². The molecule has 0 bridgehead atoms. The Balaban J connectivity index is 1.96. The van der Waals surface area contributed by atoms with Crippen LogP contribution in [0.4, 0.5) is 14.5 Å². The third kappa shape index (κ3) is 5.86. The van der Waals surface area contributed by atoms with E-state index in [9.17, 15) is 18.4 Å². The smallest absolute Gasteiger partial charge is 0.339 e. The van der Waals surface area contributed by atoms with Crippen molar-refractivity contribution in [2.75, 3.05) is 11.9 Å². The molecule has 0 aliphatic heterocycles. The van der Waals surface area contributed by atoms with Gasteiger partial charge in [-0.15, -0.1) is 0 Å². The normalized spacial score (nSPS) is 10.6. The second kappa shape index (κ2) is 8.62. The van der Waals surface area contributed by atoms with Crippen LogP contribution >= 0.6 is 11.8 Å². The fraction of sp³-hybridized carbons (Fsp3) is 0.222. The second-order valence-electron chi connectivity index (χ2n) is 5.38. The maximum Gasteiger partial charge on any atom is 0.339 e. The number of anilines is 1. The lowest BCUT2D eigenvalue weighted by Crippen LogP contribution is -2.21. The predicted octanol–water partition coefficient (Wildman–Crippen LogP) is 4.41. The summed E-state index contributed by atoms with van der Waals surface area (Å²) >= 11 is 0.259. The molecule has 1 amide bonds. The lowest BCUT2D eigenvalue weighted by Gasteiger charge is -2.10. The number of benzene rings is 2. The molecule has 0 saturated carbocycles. The maximum absolute atomic E-state index is 12.5. The molecule has 4 nitrogen and oxygen atoms in total. The molecule has 0 aliphatic rings. The summed E-state index contributed by atoms with van der Waals surface area (Å²) in [5, 5.41) is 2.64. The highest BCUT2D eigenvalue weighted by molar-refractivity contribution is 7.99. The summed E-state index contributed by atoms with van der Waals surface area (Å²) in [7, 11) is 0. The fourth-order valence-electron chi connectivity index (χ4n) is 2.29. The number of amides is 1. The van der Waals surface area contributed by atoms with E-state index in [0.29, 0.717) is 5.69 Å². The molecule has 0 radical (unpaired) electrons. The van der Waals surface area contributed by atoms with Gasteiger partial charge in [0.05, 0.1) is 5.56 Å². The first-order valence-corrected chi connectivity index (χ1v) is 8.32. The minimum atomic E-state index is -2.65. The van der Waals surface area contributed by atoms with Crippen molar-refractivity contribution in [2.24, 2.45) is 0 Å². The molecule has 132 valence electrons. The number of carbonyl (C=O) groups is 2. The molecule has 0 unspecified atom stereocenters. The molecular weight excluding hydrogens is 348 g/mol. The zero-order valence-electron chi connectivity index (χ0n) is 13.7. The summed E-state index contributed by atoms with van der Waals surface area (Å²) < 4.78 is 30.0. The molecule has 0 aliphatic carbocycles. The quantitative estimate of drug-likeness (QED) is 0.608. The van der Waals surface area contributed by atoms with Gasteiger partial charge in [-0.25, -0.2) is 4.79 Å². The second-order valence-corrected chi connectivity index (χ2v) is 6.41. The van der Waals surface area contributed by atoms with Gasteiger partial charge in [-0.05, 0) is 49.2 Å². The van der Waals surface area contributed by atoms with Crippen molar-refractivity contribution in [3.8, 4) is 0 Å². The lowest BCUT2D eigenvalue weighted by molar-refractivity contribution is -0.119. The van der Waals surface area contributed by atoms with Gasteiger partial charge in [0.15, 0.2) is 6.61 Å². The van der Waals surface area contributed by atoms with E-state index in [-0.39, 0.29) is 22.2 Å². The molecule has 0 saturated heterocycles. The summed E-state index contributed by atoms with van der Waals surface area (Å²) in [6.45, 7) is 3.31. The van der Waals surface area contributed by atoms with Gasteiger partial charge in [-0.2, -0.15) is 8.78 Å². The monoisotopic (exact) mass is 365 g/mol. The number of halogens is 2. The van der Waals surface area contributed by atoms with Crippen molar-refractivity contribution in [2.45, 2.75) is 24.5 Å². The van der Waals surface area contributed by atoms with Crippen molar-refractivity contribution in [1.29, 1.82) is 0 Å². The third-order valence-electron chi connectivity index (χ3n) is 3.16. The van der Waals surface area contributed by atoms with E-state index in [1.807, 2.05) is 19.9 Å². The Bertz CT molecular complexity index is 760. The standard InChI is InChI=1S/C18H17F2NO3S/c1-11-7-12(2)9-13(8-11)21-16(22)10-24-17(23)14-5-3-4-6-15(14)25-18(19)20/h3-9,18H,10H2,1-2H3,(H,21,22). The molecule has 0 atom stereocenters. The average molecular weight is 365 g/mol. The number of carbonyl (C=O) groups excluding carboxylic acids is 2. The number of esters is 1. The first kappa shape index (κ1) is 18.9. The summed E-state index contributed by atoms with van der Waals surface area (Å²) in [6.07, 6.45) is 0. The third-order valence-corrected chi connectivity index (χ3v) is 3.95. The van der Waals surface area contributed by atoms with E-state index in [2.05, 4.69) is 5.32 Å². The highest BCUT2D eigenvalue weighted by Crippen LogP contribution is 2.28. The van der Waals surface area contributed by atoms with Crippen LogP contribution < -0.4 is 5.32 Å². The van der Waals surface area contributed by atoms with Crippen molar-refractivity contribution in [3.63, 3.8) is 0 Å². The van der Waals surface area contributed by atoms with Gasteiger partial charge in [-0.3, -0.25) is 4.79 Å². The number of ether oxygens (including phenoxy) is 1. The molecule has 0 aromatic heterocycles. The van der Waals surface area contributed by atoms with Crippen LogP contribution in [-0.4, -0.2) is 24.2 Å². The predicted molar refractivity (Wildman–Crippen MR) is 93.1 cm³/mol. The van der Waals surface area contributed by atoms with Gasteiger partial charge in [0.25, 0.3) is 11.7 Å². The molecule has 0 fully saturated rings. The minimum Gasteiger partial charge on any atom is -0.452 e. The Morgan fingerprint density at radius 3 is 2.40 bits per heavy atom. The van der Waals surface area contributed by atoms with E-state index in [1.54, 1.807) is 24.3 Å². The molecule has 2 rings (SSSR count). The minimum absolute atomic E-state index is 0.00648. The number of nitrogens with one attached hydrogen (secondary N) is 1. The van der Waals surface area contributed by atoms with Gasteiger partial charge in [0, 0.05) is 10.6 Å². The van der Waals surface area contributed by atoms with Crippen LogP contribution in [0, 0.1) is 13.8 Å². The SMILES string of the molecule is Cc1cc(C)cc(NC(=O)COC(=O)c2ccccc2SC(F)F)c1. The fourth-order valence-corrected chi connectivity index (χ4v) is 2.91. The van der Waals surface area contributed by atoms with Gasteiger partial charge < -0.3 is 10.1 Å². The average Bonchev–Trinajstić information content (AvgIpc) is 2.51. The number of rotatable bonds is 6. The Hall–Kier alpha value is -2.41. The van der Waals surface area contributed by atoms with Crippen LogP contribution in [0.15, 0.2) is 47.4 Å². The zero-order chi connectivity index (χ0) is 18.4. The maximum atomic E-state index is 12.5. The Kier molecular flexibility index (Phi) is 6.52. The van der Waals surface area contributed by atoms with Crippen molar-refractivity contribution in [3.05, 3.63) is 59.2 Å². The summed E-state index contributed by atoms with van der Waals surface area (Å²) in [6, 6.07) is 11.4. The molecular formula is C18H17F2NO3S. The van der Waals surface area contributed by atoms with Gasteiger partial charge in [-0.1, -0.05) is 30.0 Å². The number of thioether (sulfide) groups is 1. The van der Waals surface area contributed by atoms with E-state index in [4.69, 9.17) is 4.74 Å². The summed E-state index contributed by atoms with van der Waals surface area (Å²) in [5.41, 5.74) is 2.59. The molecule has 0 spiro atoms. The highest BCUT2D eigenvalue weighted by atomic mass is 32.2. The molecule has 0 heterocycles. The van der Waals surface area contributed by atoms with E-state index in [1.165, 1.54) is 12.1 Å². The van der Waals surface area contributed by atoms with E-state index in [0.717, 1.165) is 11.1 Å². The molecule has 25 heavy (non-hydrogen) atoms. The van der Waals surface area contributed by atoms with E-state index < -0.39 is 24.2 Å². The van der Waals surface area contributed by atoms with Crippen molar-refractivity contribution in [1.82, 2.24) is 0 Å². The van der Waals surface area contributed by atoms with Gasteiger partial charge >= 0.3 is 5.97 Å². The highest BCUT2D eigenvalue weighted by Gasteiger charge is 2.17. The molecule has 1 N–H and O–H groups in total. The topological polar surface area (TPSA) is 55.4 Å². The molecule has 2 aromatic rings. The van der Waals surface area contributed by atoms with Crippen LogP contribution in [0.5, 0.6) is 0 Å². The van der Waals surface area contributed by atoms with E-state index >= 15 is 0 Å². The van der Waals surface area contributed by atoms with Crippen LogP contribution in [0.2, 0.25) is 0 Å². The zero-order valence-corrected chi connectivity index (χ0v) is 14.5. The van der Waals surface area contributed by atoms with Crippen LogP contribution in [0.1, 0.15) is 21.5 Å². The molecule has 2 aromatic carbocycles. The Morgan fingerprint density at radius 2 is 1.76 bits per heavy atom. The van der Waals surface area contributed by atoms with Crippen molar-refractivity contribution >= 4 is 29.3 Å². The van der Waals surface area contributed by atoms with Gasteiger partial charge in [0.1, 0.15) is 0 Å². The first-order chi connectivity index (χ1) is 11.8. The van der Waals surface area contributed by atoms with Crippen molar-refractivity contribution < 1.29 is 23.1 Å². The number of alkyl halides is 2. The summed E-state index contributed by atoms with van der Waals surface area (Å²) in [4.78, 5) is 24.1. The van der Waals surface area contributed by atoms with Gasteiger partial charge in [0.2, 0.25) is 0 Å².